The van der Waals surface area contributed by atoms with E-state index in [1.165, 1.54) is 5.69 Å². The number of nitrogens with zero attached hydrogens (tertiary/aromatic N) is 5. The Bertz CT molecular complexity index is 863. The normalized spacial score (nSPS) is 22.1. The second kappa shape index (κ2) is 9.88. The second-order valence-electron chi connectivity index (χ2n) is 7.49. The van der Waals surface area contributed by atoms with Gasteiger partial charge in [-0.15, -0.1) is 11.3 Å². The first-order valence-corrected chi connectivity index (χ1v) is 10.6. The highest BCUT2D eigenvalue weighted by Gasteiger charge is 2.41. The van der Waals surface area contributed by atoms with E-state index in [0.29, 0.717) is 0 Å². The van der Waals surface area contributed by atoms with Crippen LogP contribution in [0.2, 0.25) is 0 Å². The van der Waals surface area contributed by atoms with Crippen LogP contribution >= 0.6 is 11.3 Å². The summed E-state index contributed by atoms with van der Waals surface area (Å²) >= 11 is 1.73. The van der Waals surface area contributed by atoms with Crippen molar-refractivity contribution in [2.24, 2.45) is 0 Å². The van der Waals surface area contributed by atoms with Crippen LogP contribution < -0.4 is 4.90 Å². The molecule has 4 rings (SSSR count). The third-order valence-corrected chi connectivity index (χ3v) is 5.86. The first kappa shape index (κ1) is 23.4. The summed E-state index contributed by atoms with van der Waals surface area (Å²) in [6.07, 6.45) is 2.51. The van der Waals surface area contributed by atoms with Crippen LogP contribution in [0.1, 0.15) is 23.5 Å². The maximum Gasteiger partial charge on any atom is 0.490 e. The topological polar surface area (TPSA) is 91.7 Å². The molecule has 2 aliphatic rings. The van der Waals surface area contributed by atoms with Gasteiger partial charge in [0.05, 0.1) is 29.1 Å². The molecular weight excluding hydrogens is 435 g/mol. The van der Waals surface area contributed by atoms with Crippen molar-refractivity contribution in [2.75, 3.05) is 37.7 Å². The average Bonchev–Trinajstić information content (AvgIpc) is 3.13. The van der Waals surface area contributed by atoms with Gasteiger partial charge in [-0.25, -0.2) is 14.8 Å². The zero-order valence-corrected chi connectivity index (χ0v) is 17.8. The molecule has 4 heterocycles. The number of hydrogen-bond donors (Lipinski definition) is 1. The number of morpholine rings is 1. The quantitative estimate of drug-likeness (QED) is 0.749. The Morgan fingerprint density at radius 1 is 1.32 bits per heavy atom. The lowest BCUT2D eigenvalue weighted by molar-refractivity contribution is -0.192. The molecule has 0 radical (unpaired) electrons. The molecule has 2 aromatic heterocycles. The molecule has 12 heteroatoms. The van der Waals surface area contributed by atoms with Crippen molar-refractivity contribution in [2.45, 2.75) is 38.1 Å². The number of thiazole rings is 1. The first-order chi connectivity index (χ1) is 14.7. The zero-order chi connectivity index (χ0) is 22.5. The number of halogens is 3. The Morgan fingerprint density at radius 3 is 2.71 bits per heavy atom. The summed E-state index contributed by atoms with van der Waals surface area (Å²) in [7, 11) is 0. The number of carbonyl (C=O) groups is 1. The fraction of sp³-hybridized carbons (Fsp3) is 0.579. The van der Waals surface area contributed by atoms with Crippen LogP contribution in [0.4, 0.5) is 19.0 Å². The maximum absolute atomic E-state index is 10.6. The molecule has 2 aromatic rings. The van der Waals surface area contributed by atoms with E-state index in [2.05, 4.69) is 37.1 Å². The van der Waals surface area contributed by atoms with Crippen molar-refractivity contribution >= 4 is 23.1 Å². The number of ether oxygens (including phenoxy) is 1. The van der Waals surface area contributed by atoms with Crippen molar-refractivity contribution < 1.29 is 27.8 Å². The molecule has 2 fully saturated rings. The van der Waals surface area contributed by atoms with E-state index in [9.17, 15) is 13.2 Å². The second-order valence-corrected chi connectivity index (χ2v) is 8.55. The molecule has 0 saturated carbocycles. The predicted molar refractivity (Wildman–Crippen MR) is 108 cm³/mol. The minimum atomic E-state index is -5.08. The highest BCUT2D eigenvalue weighted by Crippen LogP contribution is 2.31. The number of likely N-dealkylation sites (tertiary alicyclic amines) is 1. The fourth-order valence-electron chi connectivity index (χ4n) is 3.78. The summed E-state index contributed by atoms with van der Waals surface area (Å²) in [6.45, 7) is 7.58. The first-order valence-electron chi connectivity index (χ1n) is 9.75. The average molecular weight is 459 g/mol. The molecule has 2 saturated heterocycles. The third kappa shape index (κ3) is 6.58. The van der Waals surface area contributed by atoms with Gasteiger partial charge in [0.1, 0.15) is 5.82 Å². The number of aryl methyl sites for hydroxylation is 1. The van der Waals surface area contributed by atoms with Crippen molar-refractivity contribution in [3.63, 3.8) is 0 Å². The van der Waals surface area contributed by atoms with Crippen LogP contribution in [0, 0.1) is 6.92 Å². The zero-order valence-electron chi connectivity index (χ0n) is 17.0. The van der Waals surface area contributed by atoms with Crippen LogP contribution in [0.5, 0.6) is 0 Å². The summed E-state index contributed by atoms with van der Waals surface area (Å²) in [5, 5.41) is 10.4. The van der Waals surface area contributed by atoms with Crippen LogP contribution in [0.25, 0.3) is 0 Å². The number of alkyl halides is 3. The molecule has 0 bridgehead atoms. The fourth-order valence-corrected chi connectivity index (χ4v) is 4.38. The van der Waals surface area contributed by atoms with Gasteiger partial charge in [-0.3, -0.25) is 9.88 Å². The van der Waals surface area contributed by atoms with Gasteiger partial charge in [0.2, 0.25) is 0 Å². The van der Waals surface area contributed by atoms with Crippen LogP contribution in [-0.2, 0) is 16.1 Å². The minimum absolute atomic E-state index is 0.0981. The molecule has 31 heavy (non-hydrogen) atoms. The predicted octanol–water partition coefficient (Wildman–Crippen LogP) is 2.75. The molecule has 170 valence electrons. The van der Waals surface area contributed by atoms with E-state index in [0.717, 1.165) is 63.0 Å². The number of aromatic nitrogens is 3. The molecular formula is C19H24F3N5O3S. The number of anilines is 1. The van der Waals surface area contributed by atoms with Crippen LogP contribution in [-0.4, -0.2) is 75.5 Å². The largest absolute Gasteiger partial charge is 0.490 e. The molecule has 2 aliphatic heterocycles. The number of carboxylic acids is 1. The van der Waals surface area contributed by atoms with Gasteiger partial charge < -0.3 is 14.7 Å². The summed E-state index contributed by atoms with van der Waals surface area (Å²) in [5.41, 5.74) is 1.08. The van der Waals surface area contributed by atoms with Gasteiger partial charge in [0.15, 0.2) is 0 Å². The number of aliphatic carboxylic acids is 1. The lowest BCUT2D eigenvalue weighted by atomic mass is 9.90. The van der Waals surface area contributed by atoms with E-state index < -0.39 is 12.1 Å². The number of piperidine rings is 1. The van der Waals surface area contributed by atoms with Crippen molar-refractivity contribution in [3.05, 3.63) is 34.7 Å². The van der Waals surface area contributed by atoms with Gasteiger partial charge in [-0.1, -0.05) is 0 Å². The van der Waals surface area contributed by atoms with Crippen molar-refractivity contribution in [1.82, 2.24) is 19.9 Å². The number of hydrogen-bond acceptors (Lipinski definition) is 8. The van der Waals surface area contributed by atoms with E-state index in [1.54, 1.807) is 23.7 Å². The molecule has 1 spiro atoms. The van der Waals surface area contributed by atoms with Crippen molar-refractivity contribution in [1.29, 1.82) is 0 Å². The highest BCUT2D eigenvalue weighted by molar-refractivity contribution is 7.09. The third-order valence-electron chi connectivity index (χ3n) is 5.04. The van der Waals surface area contributed by atoms with Gasteiger partial charge >= 0.3 is 12.1 Å². The molecule has 1 N–H and O–H groups in total. The molecule has 1 atom stereocenters. The summed E-state index contributed by atoms with van der Waals surface area (Å²) in [6, 6.07) is 0. The molecule has 0 aliphatic carbocycles. The van der Waals surface area contributed by atoms with Gasteiger partial charge in [0.25, 0.3) is 0 Å². The lowest BCUT2D eigenvalue weighted by Crippen LogP contribution is -2.59. The highest BCUT2D eigenvalue weighted by atomic mass is 32.1. The Labute approximate surface area is 181 Å². The molecule has 1 unspecified atom stereocenters. The Balaban J connectivity index is 0.000000339. The van der Waals surface area contributed by atoms with Gasteiger partial charge in [-0.05, 0) is 26.3 Å². The lowest BCUT2D eigenvalue weighted by Gasteiger charge is -2.48. The van der Waals surface area contributed by atoms with Crippen LogP contribution in [0.15, 0.2) is 24.0 Å². The van der Waals surface area contributed by atoms with E-state index >= 15 is 0 Å². The maximum atomic E-state index is 10.6. The van der Waals surface area contributed by atoms with Gasteiger partial charge in [-0.2, -0.15) is 13.2 Å². The molecule has 0 amide bonds. The van der Waals surface area contributed by atoms with E-state index in [1.807, 2.05) is 6.20 Å². The van der Waals surface area contributed by atoms with E-state index in [-0.39, 0.29) is 5.60 Å². The Kier molecular flexibility index (Phi) is 7.44. The Hall–Kier alpha value is -2.31. The number of rotatable bonds is 3. The van der Waals surface area contributed by atoms with Crippen molar-refractivity contribution in [3.8, 4) is 0 Å². The minimum Gasteiger partial charge on any atom is -0.475 e. The Morgan fingerprint density at radius 2 is 2.10 bits per heavy atom. The summed E-state index contributed by atoms with van der Waals surface area (Å²) in [4.78, 5) is 27.0. The molecule has 8 nitrogen and oxygen atoms in total. The molecule has 0 aromatic carbocycles. The standard InChI is InChI=1S/C17H23N5OS.C2HF3O2/c1-14-20-15(11-24-14)10-21-6-2-3-17(12-21)13-22(7-8-23-17)16-9-18-4-5-19-16;3-2(4,5)1(6)7/h4-5,9,11H,2-3,6-8,10,12-13H2,1H3;(H,6,7). The van der Waals surface area contributed by atoms with Gasteiger partial charge in [0, 0.05) is 44.0 Å². The monoisotopic (exact) mass is 459 g/mol. The SMILES string of the molecule is Cc1nc(CN2CCCC3(C2)CN(c2cnccn2)CCO3)cs1.O=C(O)C(F)(F)F. The van der Waals surface area contributed by atoms with Crippen LogP contribution in [0.3, 0.4) is 0 Å². The summed E-state index contributed by atoms with van der Waals surface area (Å²) in [5.74, 6) is -1.81. The summed E-state index contributed by atoms with van der Waals surface area (Å²) < 4.78 is 38.0. The number of carboxylic acid groups (broad SMARTS) is 1. The smallest absolute Gasteiger partial charge is 0.475 e. The van der Waals surface area contributed by atoms with E-state index in [4.69, 9.17) is 14.6 Å².